The minimum Gasteiger partial charge on any atom is -0.294 e. The molecule has 6 heteroatoms. The van der Waals surface area contributed by atoms with Crippen molar-refractivity contribution in [2.24, 2.45) is 0 Å². The molecule has 0 atom stereocenters. The third-order valence-electron chi connectivity index (χ3n) is 2.93. The minimum absolute atomic E-state index is 0.0175. The van der Waals surface area contributed by atoms with Crippen LogP contribution >= 0.6 is 11.8 Å². The van der Waals surface area contributed by atoms with E-state index < -0.39 is 4.92 Å². The van der Waals surface area contributed by atoms with E-state index in [0.717, 1.165) is 11.8 Å². The highest BCUT2D eigenvalue weighted by molar-refractivity contribution is 8.13. The van der Waals surface area contributed by atoms with Crippen LogP contribution < -0.4 is 0 Å². The van der Waals surface area contributed by atoms with Gasteiger partial charge in [-0.05, 0) is 12.1 Å². The largest absolute Gasteiger partial charge is 0.294 e. The van der Waals surface area contributed by atoms with Gasteiger partial charge >= 0.3 is 0 Å². The summed E-state index contributed by atoms with van der Waals surface area (Å²) < 4.78 is 0. The van der Waals surface area contributed by atoms with E-state index in [0.29, 0.717) is 10.5 Å². The second-order valence-corrected chi connectivity index (χ2v) is 5.65. The number of hydrogen-bond acceptors (Lipinski definition) is 5. The number of nitrogens with zero attached hydrogens (tertiary/aromatic N) is 1. The normalized spacial score (nSPS) is 10.2. The lowest BCUT2D eigenvalue weighted by Crippen LogP contribution is -2.02. The van der Waals surface area contributed by atoms with Crippen LogP contribution in [0.15, 0.2) is 59.5 Å². The van der Waals surface area contributed by atoms with Crippen LogP contribution in [-0.2, 0) is 4.79 Å². The van der Waals surface area contributed by atoms with Crippen molar-refractivity contribution in [3.8, 4) is 0 Å². The van der Waals surface area contributed by atoms with Crippen LogP contribution in [0.1, 0.15) is 23.2 Å². The molecule has 0 spiro atoms. The fraction of sp³-hybridized carbons (Fsp3) is 0.125. The van der Waals surface area contributed by atoms with Crippen molar-refractivity contribution in [1.29, 1.82) is 0 Å². The van der Waals surface area contributed by atoms with Gasteiger partial charge in [-0.15, -0.1) is 0 Å². The summed E-state index contributed by atoms with van der Waals surface area (Å²) in [5, 5.41) is 10.4. The van der Waals surface area contributed by atoms with Gasteiger partial charge in [-0.3, -0.25) is 19.7 Å². The maximum atomic E-state index is 11.9. The fourth-order valence-electron chi connectivity index (χ4n) is 1.80. The van der Waals surface area contributed by atoms with Crippen LogP contribution in [0.3, 0.4) is 0 Å². The molecule has 0 amide bonds. The number of nitro groups is 1. The van der Waals surface area contributed by atoms with E-state index in [-0.39, 0.29) is 29.4 Å². The molecule has 2 aromatic carbocycles. The second kappa shape index (κ2) is 7.51. The molecular weight excluding hydrogens is 302 g/mol. The lowest BCUT2D eigenvalue weighted by atomic mass is 10.1. The first-order valence-electron chi connectivity index (χ1n) is 6.59. The zero-order valence-corrected chi connectivity index (χ0v) is 12.4. The average Bonchev–Trinajstić information content (AvgIpc) is 2.54. The van der Waals surface area contributed by atoms with Crippen molar-refractivity contribution in [3.05, 3.63) is 70.3 Å². The molecule has 0 aromatic heterocycles. The van der Waals surface area contributed by atoms with E-state index >= 15 is 0 Å². The third-order valence-corrected chi connectivity index (χ3v) is 3.87. The summed E-state index contributed by atoms with van der Waals surface area (Å²) in [6.45, 7) is 0. The van der Waals surface area contributed by atoms with E-state index in [4.69, 9.17) is 0 Å². The molecule has 0 aliphatic carbocycles. The van der Waals surface area contributed by atoms with Gasteiger partial charge in [0.1, 0.15) is 0 Å². The predicted molar refractivity (Wildman–Crippen MR) is 84.0 cm³/mol. The van der Waals surface area contributed by atoms with Crippen LogP contribution in [0.4, 0.5) is 5.69 Å². The molecule has 22 heavy (non-hydrogen) atoms. The number of ketones is 1. The molecule has 0 radical (unpaired) electrons. The molecule has 0 heterocycles. The van der Waals surface area contributed by atoms with Crippen LogP contribution in [0, 0.1) is 10.1 Å². The summed E-state index contributed by atoms with van der Waals surface area (Å²) >= 11 is 0.987. The Kier molecular flexibility index (Phi) is 5.43. The molecule has 0 fully saturated rings. The first kappa shape index (κ1) is 15.9. The Balaban J connectivity index is 1.85. The van der Waals surface area contributed by atoms with Gasteiger partial charge in [-0.2, -0.15) is 0 Å². The first-order chi connectivity index (χ1) is 10.6. The SMILES string of the molecule is O=C(CCC(=O)c1ccccc1)Sc1ccc([N+](=O)[O-])cc1. The minimum atomic E-state index is -0.491. The van der Waals surface area contributed by atoms with Crippen LogP contribution in [0.25, 0.3) is 0 Å². The van der Waals surface area contributed by atoms with E-state index in [9.17, 15) is 19.7 Å². The summed E-state index contributed by atoms with van der Waals surface area (Å²) in [5.74, 6) is -0.0711. The van der Waals surface area contributed by atoms with Gasteiger partial charge in [-0.1, -0.05) is 42.1 Å². The van der Waals surface area contributed by atoms with Gasteiger partial charge in [0.15, 0.2) is 10.9 Å². The highest BCUT2D eigenvalue weighted by atomic mass is 32.2. The number of benzene rings is 2. The second-order valence-electron chi connectivity index (χ2n) is 4.51. The monoisotopic (exact) mass is 315 g/mol. The standard InChI is InChI=1S/C16H13NO4S/c18-15(12-4-2-1-3-5-12)10-11-16(19)22-14-8-6-13(7-9-14)17(20)21/h1-9H,10-11H2. The number of nitro benzene ring substituents is 1. The maximum absolute atomic E-state index is 11.9. The number of non-ortho nitro benzene ring substituents is 1. The number of hydrogen-bond donors (Lipinski definition) is 0. The highest BCUT2D eigenvalue weighted by Gasteiger charge is 2.11. The molecule has 0 bridgehead atoms. The Hall–Kier alpha value is -2.47. The van der Waals surface area contributed by atoms with Crippen molar-refractivity contribution in [1.82, 2.24) is 0 Å². The number of Topliss-reactive ketones (excluding diaryl/α,β-unsaturated/α-hetero) is 1. The first-order valence-corrected chi connectivity index (χ1v) is 7.41. The van der Waals surface area contributed by atoms with Crippen LogP contribution in [0.5, 0.6) is 0 Å². The number of carbonyl (C=O) groups excluding carboxylic acids is 2. The zero-order valence-electron chi connectivity index (χ0n) is 11.6. The van der Waals surface area contributed by atoms with Crippen LogP contribution in [0.2, 0.25) is 0 Å². The lowest BCUT2D eigenvalue weighted by Gasteiger charge is -2.01. The topological polar surface area (TPSA) is 77.3 Å². The van der Waals surface area contributed by atoms with Crippen molar-refractivity contribution >= 4 is 28.3 Å². The van der Waals surface area contributed by atoms with Crippen molar-refractivity contribution in [2.75, 3.05) is 0 Å². The molecule has 2 aromatic rings. The van der Waals surface area contributed by atoms with Crippen molar-refractivity contribution < 1.29 is 14.5 Å². The van der Waals surface area contributed by atoms with Gasteiger partial charge in [-0.25, -0.2) is 0 Å². The Morgan fingerprint density at radius 2 is 1.59 bits per heavy atom. The molecule has 0 aliphatic rings. The number of rotatable bonds is 6. The molecule has 5 nitrogen and oxygen atoms in total. The number of thioether (sulfide) groups is 1. The van der Waals surface area contributed by atoms with Gasteiger partial charge in [0, 0.05) is 35.4 Å². The Morgan fingerprint density at radius 1 is 0.955 bits per heavy atom. The molecule has 0 aliphatic heterocycles. The zero-order chi connectivity index (χ0) is 15.9. The van der Waals surface area contributed by atoms with Crippen molar-refractivity contribution in [3.63, 3.8) is 0 Å². The summed E-state index contributed by atoms with van der Waals surface area (Å²) in [5.41, 5.74) is 0.576. The Morgan fingerprint density at radius 3 is 2.18 bits per heavy atom. The molecule has 0 N–H and O–H groups in total. The van der Waals surface area contributed by atoms with Crippen molar-refractivity contribution in [2.45, 2.75) is 17.7 Å². The molecule has 112 valence electrons. The Bertz CT molecular complexity index is 683. The van der Waals surface area contributed by atoms with E-state index in [1.54, 1.807) is 24.3 Å². The molecule has 0 unspecified atom stereocenters. The molecule has 0 saturated heterocycles. The smallest absolute Gasteiger partial charge is 0.269 e. The van der Waals surface area contributed by atoms with E-state index in [1.807, 2.05) is 6.07 Å². The number of carbonyl (C=O) groups is 2. The third kappa shape index (κ3) is 4.53. The quantitative estimate of drug-likeness (QED) is 0.350. The lowest BCUT2D eigenvalue weighted by molar-refractivity contribution is -0.384. The van der Waals surface area contributed by atoms with Gasteiger partial charge in [0.25, 0.3) is 5.69 Å². The summed E-state index contributed by atoms with van der Waals surface area (Å²) in [7, 11) is 0. The van der Waals surface area contributed by atoms with Gasteiger partial charge in [0.05, 0.1) is 4.92 Å². The van der Waals surface area contributed by atoms with Crippen LogP contribution in [-0.4, -0.2) is 15.8 Å². The highest BCUT2D eigenvalue weighted by Crippen LogP contribution is 2.23. The molecule has 2 rings (SSSR count). The van der Waals surface area contributed by atoms with Gasteiger partial charge in [0.2, 0.25) is 0 Å². The fourth-order valence-corrected chi connectivity index (χ4v) is 2.54. The maximum Gasteiger partial charge on any atom is 0.269 e. The summed E-state index contributed by atoms with van der Waals surface area (Å²) in [6, 6.07) is 14.6. The molecular formula is C16H13NO4S. The van der Waals surface area contributed by atoms with Gasteiger partial charge < -0.3 is 0 Å². The summed E-state index contributed by atoms with van der Waals surface area (Å²) in [6.07, 6.45) is 0.290. The summed E-state index contributed by atoms with van der Waals surface area (Å²) in [4.78, 5) is 34.4. The van der Waals surface area contributed by atoms with E-state index in [1.165, 1.54) is 24.3 Å². The Labute approximate surface area is 131 Å². The molecule has 0 saturated carbocycles. The average molecular weight is 315 g/mol. The van der Waals surface area contributed by atoms with E-state index in [2.05, 4.69) is 0 Å². The predicted octanol–water partition coefficient (Wildman–Crippen LogP) is 3.88.